The van der Waals surface area contributed by atoms with Crippen molar-refractivity contribution in [3.05, 3.63) is 12.5 Å². The lowest BCUT2D eigenvalue weighted by atomic mass is 10.1. The van der Waals surface area contributed by atoms with E-state index in [2.05, 4.69) is 26.8 Å². The molecule has 2 aliphatic rings. The second-order valence-corrected chi connectivity index (χ2v) is 6.08. The number of hydrogen-bond acceptors (Lipinski definition) is 5. The van der Waals surface area contributed by atoms with Crippen molar-refractivity contribution in [1.82, 2.24) is 24.4 Å². The summed E-state index contributed by atoms with van der Waals surface area (Å²) in [5.41, 5.74) is 1.79. The maximum absolute atomic E-state index is 4.69. The van der Waals surface area contributed by atoms with Crippen LogP contribution in [0.2, 0.25) is 0 Å². The van der Waals surface area contributed by atoms with Crippen molar-refractivity contribution in [2.45, 2.75) is 31.3 Å². The van der Waals surface area contributed by atoms with Crippen molar-refractivity contribution in [2.75, 3.05) is 25.0 Å². The molecule has 2 bridgehead atoms. The Kier molecular flexibility index (Phi) is 2.66. The molecule has 20 heavy (non-hydrogen) atoms. The van der Waals surface area contributed by atoms with Crippen LogP contribution in [-0.4, -0.2) is 56.6 Å². The van der Waals surface area contributed by atoms with E-state index in [1.54, 1.807) is 6.33 Å². The minimum atomic E-state index is 0.550. The minimum Gasteiger partial charge on any atom is -0.333 e. The number of likely N-dealkylation sites (tertiary alicyclic amines) is 1. The third-order valence-electron chi connectivity index (χ3n) is 4.69. The van der Waals surface area contributed by atoms with E-state index in [9.17, 15) is 0 Å². The van der Waals surface area contributed by atoms with Gasteiger partial charge in [0.2, 0.25) is 5.95 Å². The number of nitrogens with zero attached hydrogens (tertiary/aromatic N) is 6. The minimum absolute atomic E-state index is 0.550. The van der Waals surface area contributed by atoms with E-state index in [4.69, 9.17) is 4.98 Å². The molecule has 4 rings (SSSR count). The number of hydrogen-bond donors (Lipinski definition) is 0. The second-order valence-electron chi connectivity index (χ2n) is 6.08. The second kappa shape index (κ2) is 4.41. The largest absolute Gasteiger partial charge is 0.333 e. The van der Waals surface area contributed by atoms with Gasteiger partial charge in [-0.3, -0.25) is 0 Å². The highest BCUT2D eigenvalue weighted by Gasteiger charge is 2.38. The van der Waals surface area contributed by atoms with E-state index in [0.29, 0.717) is 12.1 Å². The molecule has 0 spiro atoms. The molecule has 2 aromatic rings. The first-order valence-electron chi connectivity index (χ1n) is 7.33. The molecule has 6 nitrogen and oxygen atoms in total. The Bertz CT molecular complexity index is 636. The predicted octanol–water partition coefficient (Wildman–Crippen LogP) is 1.04. The van der Waals surface area contributed by atoms with Crippen LogP contribution in [0.3, 0.4) is 0 Å². The Hall–Kier alpha value is -1.69. The molecule has 2 saturated heterocycles. The van der Waals surface area contributed by atoms with Crippen molar-refractivity contribution >= 4 is 17.1 Å². The van der Waals surface area contributed by atoms with Crippen LogP contribution in [0.5, 0.6) is 0 Å². The lowest BCUT2D eigenvalue weighted by Crippen LogP contribution is -2.39. The molecule has 0 aliphatic carbocycles. The molecule has 0 saturated carbocycles. The third-order valence-corrected chi connectivity index (χ3v) is 4.69. The van der Waals surface area contributed by atoms with E-state index in [1.807, 2.05) is 17.8 Å². The summed E-state index contributed by atoms with van der Waals surface area (Å²) in [6.45, 7) is 2.28. The Balaban J connectivity index is 1.74. The van der Waals surface area contributed by atoms with Crippen molar-refractivity contribution in [1.29, 1.82) is 0 Å². The zero-order valence-corrected chi connectivity index (χ0v) is 12.0. The van der Waals surface area contributed by atoms with Crippen LogP contribution < -0.4 is 4.90 Å². The van der Waals surface area contributed by atoms with E-state index in [0.717, 1.165) is 23.7 Å². The maximum atomic E-state index is 4.69. The number of imidazole rings is 1. The first kappa shape index (κ1) is 12.1. The average molecular weight is 272 g/mol. The zero-order chi connectivity index (χ0) is 13.7. The highest BCUT2D eigenvalue weighted by molar-refractivity contribution is 5.71. The number of fused-ring (bicyclic) bond motifs is 3. The van der Waals surface area contributed by atoms with Crippen LogP contribution >= 0.6 is 0 Å². The molecule has 0 aromatic carbocycles. The standard InChI is InChI=1S/C14H20N6/c1-18-6-5-10-3-4-11(8-18)20(10)14-15-7-12-13(17-14)16-9-19(12)2/h7,9-11H,3-6,8H2,1-2H3/t10-,11+/m1/s1. The zero-order valence-electron chi connectivity index (χ0n) is 12.0. The normalized spacial score (nSPS) is 27.2. The van der Waals surface area contributed by atoms with Crippen LogP contribution in [0.1, 0.15) is 19.3 Å². The summed E-state index contributed by atoms with van der Waals surface area (Å²) in [5.74, 6) is 0.860. The lowest BCUT2D eigenvalue weighted by Gasteiger charge is -2.28. The molecule has 2 atom stereocenters. The van der Waals surface area contributed by atoms with Gasteiger partial charge in [-0.2, -0.15) is 4.98 Å². The number of anilines is 1. The molecular formula is C14H20N6. The summed E-state index contributed by atoms with van der Waals surface area (Å²) < 4.78 is 1.96. The van der Waals surface area contributed by atoms with Crippen LogP contribution in [0, 0.1) is 0 Å². The summed E-state index contributed by atoms with van der Waals surface area (Å²) in [4.78, 5) is 18.5. The van der Waals surface area contributed by atoms with Gasteiger partial charge in [0.15, 0.2) is 5.65 Å². The van der Waals surface area contributed by atoms with E-state index in [1.165, 1.54) is 25.8 Å². The Morgan fingerprint density at radius 3 is 2.85 bits per heavy atom. The Labute approximate surface area is 118 Å². The van der Waals surface area contributed by atoms with Gasteiger partial charge in [-0.1, -0.05) is 0 Å². The predicted molar refractivity (Wildman–Crippen MR) is 77.7 cm³/mol. The molecule has 0 amide bonds. The molecule has 2 fully saturated rings. The van der Waals surface area contributed by atoms with Gasteiger partial charge in [0, 0.05) is 25.7 Å². The highest BCUT2D eigenvalue weighted by Crippen LogP contribution is 2.33. The van der Waals surface area contributed by atoms with Gasteiger partial charge in [-0.05, 0) is 32.9 Å². The third kappa shape index (κ3) is 1.78. The summed E-state index contributed by atoms with van der Waals surface area (Å²) >= 11 is 0. The SMILES string of the molecule is CN1CC[C@H]2CC[C@@H](C1)N2c1ncc2c(ncn2C)n1. The topological polar surface area (TPSA) is 50.1 Å². The summed E-state index contributed by atoms with van der Waals surface area (Å²) in [5, 5.41) is 0. The van der Waals surface area contributed by atoms with Crippen molar-refractivity contribution in [3.8, 4) is 0 Å². The number of rotatable bonds is 1. The average Bonchev–Trinajstić information content (AvgIpc) is 2.94. The molecule has 0 radical (unpaired) electrons. The van der Waals surface area contributed by atoms with Crippen molar-refractivity contribution in [2.24, 2.45) is 7.05 Å². The smallest absolute Gasteiger partial charge is 0.228 e. The Morgan fingerprint density at radius 1 is 1.10 bits per heavy atom. The van der Waals surface area contributed by atoms with E-state index >= 15 is 0 Å². The molecular weight excluding hydrogens is 252 g/mol. The summed E-state index contributed by atoms with van der Waals surface area (Å²) in [7, 11) is 4.19. The fourth-order valence-electron chi connectivity index (χ4n) is 3.60. The van der Waals surface area contributed by atoms with Crippen molar-refractivity contribution < 1.29 is 0 Å². The van der Waals surface area contributed by atoms with Gasteiger partial charge in [0.1, 0.15) is 5.52 Å². The van der Waals surface area contributed by atoms with Gasteiger partial charge in [-0.25, -0.2) is 9.97 Å². The fourth-order valence-corrected chi connectivity index (χ4v) is 3.60. The van der Waals surface area contributed by atoms with Gasteiger partial charge in [0.05, 0.1) is 12.5 Å². The monoisotopic (exact) mass is 272 g/mol. The highest BCUT2D eigenvalue weighted by atomic mass is 15.3. The molecule has 106 valence electrons. The summed E-state index contributed by atoms with van der Waals surface area (Å²) in [6.07, 6.45) is 7.42. The quantitative estimate of drug-likeness (QED) is 0.776. The molecule has 6 heteroatoms. The molecule has 0 N–H and O–H groups in total. The maximum Gasteiger partial charge on any atom is 0.228 e. The first-order chi connectivity index (χ1) is 9.72. The van der Waals surface area contributed by atoms with Crippen molar-refractivity contribution in [3.63, 3.8) is 0 Å². The van der Waals surface area contributed by atoms with Gasteiger partial charge in [0.25, 0.3) is 0 Å². The van der Waals surface area contributed by atoms with Gasteiger partial charge in [-0.15, -0.1) is 0 Å². The molecule has 0 unspecified atom stereocenters. The van der Waals surface area contributed by atoms with E-state index in [-0.39, 0.29) is 0 Å². The lowest BCUT2D eigenvalue weighted by molar-refractivity contribution is 0.315. The molecule has 4 heterocycles. The number of aromatic nitrogens is 4. The van der Waals surface area contributed by atoms with Gasteiger partial charge < -0.3 is 14.4 Å². The molecule has 2 aromatic heterocycles. The van der Waals surface area contributed by atoms with Crippen LogP contribution in [0.25, 0.3) is 11.2 Å². The number of likely N-dealkylation sites (N-methyl/N-ethyl adjacent to an activating group) is 1. The van der Waals surface area contributed by atoms with Crippen LogP contribution in [0.4, 0.5) is 5.95 Å². The van der Waals surface area contributed by atoms with Gasteiger partial charge >= 0.3 is 0 Å². The summed E-state index contributed by atoms with van der Waals surface area (Å²) in [6, 6.07) is 1.14. The van der Waals surface area contributed by atoms with Crippen LogP contribution in [0.15, 0.2) is 12.5 Å². The number of aryl methyl sites for hydroxylation is 1. The molecule has 2 aliphatic heterocycles. The Morgan fingerprint density at radius 2 is 1.95 bits per heavy atom. The fraction of sp³-hybridized carbons (Fsp3) is 0.643. The van der Waals surface area contributed by atoms with Crippen LogP contribution in [-0.2, 0) is 7.05 Å². The van der Waals surface area contributed by atoms with E-state index < -0.39 is 0 Å². The first-order valence-corrected chi connectivity index (χ1v) is 7.33.